The summed E-state index contributed by atoms with van der Waals surface area (Å²) in [4.78, 5) is 11.9. The van der Waals surface area contributed by atoms with Gasteiger partial charge in [0.1, 0.15) is 13.2 Å². The van der Waals surface area contributed by atoms with E-state index < -0.39 is 0 Å². The molecule has 5 nitrogen and oxygen atoms in total. The molecule has 0 aromatic heterocycles. The Morgan fingerprint density at radius 3 is 2.62 bits per heavy atom. The van der Waals surface area contributed by atoms with Crippen molar-refractivity contribution in [2.75, 3.05) is 25.1 Å². The minimum atomic E-state index is -0.205. The molecule has 1 aromatic rings. The van der Waals surface area contributed by atoms with Gasteiger partial charge in [-0.1, -0.05) is 26.2 Å². The van der Waals surface area contributed by atoms with E-state index in [0.717, 1.165) is 17.3 Å². The third-order valence-corrected chi connectivity index (χ3v) is 3.85. The Balaban J connectivity index is 1.86. The summed E-state index contributed by atoms with van der Waals surface area (Å²) >= 11 is 3.43. The van der Waals surface area contributed by atoms with E-state index in [4.69, 9.17) is 9.47 Å². The predicted octanol–water partition coefficient (Wildman–Crippen LogP) is 3.92. The lowest BCUT2D eigenvalue weighted by molar-refractivity contribution is 0.171. The van der Waals surface area contributed by atoms with Gasteiger partial charge in [0.05, 0.1) is 5.69 Å². The number of hydrogen-bond acceptors (Lipinski definition) is 3. The van der Waals surface area contributed by atoms with Crippen molar-refractivity contribution in [1.82, 2.24) is 5.32 Å². The van der Waals surface area contributed by atoms with Gasteiger partial charge in [0.15, 0.2) is 11.5 Å². The van der Waals surface area contributed by atoms with E-state index >= 15 is 0 Å². The summed E-state index contributed by atoms with van der Waals surface area (Å²) in [6, 6.07) is 3.38. The average molecular weight is 357 g/mol. The van der Waals surface area contributed by atoms with Crippen LogP contribution in [0.1, 0.15) is 32.6 Å². The quantitative estimate of drug-likeness (QED) is 0.759. The van der Waals surface area contributed by atoms with Gasteiger partial charge in [0.25, 0.3) is 0 Å². The number of unbranched alkanes of at least 4 members (excludes halogenated alkanes) is 3. The maximum atomic E-state index is 11.9. The Morgan fingerprint density at radius 2 is 1.90 bits per heavy atom. The van der Waals surface area contributed by atoms with Gasteiger partial charge in [-0.15, -0.1) is 0 Å². The standard InChI is InChI=1S/C15H21BrN2O3/c1-2-3-4-5-6-17-15(19)18-12-10-14-13(9-11(12)16)20-7-8-21-14/h9-10H,2-8H2,1H3,(H2,17,18,19). The number of carbonyl (C=O) groups is 1. The monoisotopic (exact) mass is 356 g/mol. The number of carbonyl (C=O) groups excluding carboxylic acids is 1. The number of anilines is 1. The molecule has 1 aromatic carbocycles. The number of benzene rings is 1. The van der Waals surface area contributed by atoms with Crippen LogP contribution in [-0.2, 0) is 0 Å². The van der Waals surface area contributed by atoms with Crippen molar-refractivity contribution in [3.05, 3.63) is 16.6 Å². The maximum absolute atomic E-state index is 11.9. The maximum Gasteiger partial charge on any atom is 0.319 e. The zero-order valence-corrected chi connectivity index (χ0v) is 13.8. The van der Waals surface area contributed by atoms with Gasteiger partial charge >= 0.3 is 6.03 Å². The molecule has 0 atom stereocenters. The van der Waals surface area contributed by atoms with Gasteiger partial charge in [0, 0.05) is 23.2 Å². The zero-order valence-electron chi connectivity index (χ0n) is 12.2. The fourth-order valence-corrected chi connectivity index (χ4v) is 2.50. The summed E-state index contributed by atoms with van der Waals surface area (Å²) in [5.74, 6) is 1.35. The number of urea groups is 1. The van der Waals surface area contributed by atoms with Crippen LogP contribution in [0.3, 0.4) is 0 Å². The highest BCUT2D eigenvalue weighted by Gasteiger charge is 2.15. The Bertz CT molecular complexity index is 494. The number of rotatable bonds is 6. The zero-order chi connectivity index (χ0) is 15.1. The van der Waals surface area contributed by atoms with Crippen LogP contribution in [0.25, 0.3) is 0 Å². The lowest BCUT2D eigenvalue weighted by atomic mass is 10.2. The van der Waals surface area contributed by atoms with Crippen LogP contribution in [0.15, 0.2) is 16.6 Å². The number of ether oxygens (including phenoxy) is 2. The molecule has 1 heterocycles. The van der Waals surface area contributed by atoms with Gasteiger partial charge < -0.3 is 20.1 Å². The van der Waals surface area contributed by atoms with Crippen LogP contribution in [0.5, 0.6) is 11.5 Å². The highest BCUT2D eigenvalue weighted by atomic mass is 79.9. The van der Waals surface area contributed by atoms with E-state index in [1.165, 1.54) is 12.8 Å². The van der Waals surface area contributed by atoms with E-state index in [1.54, 1.807) is 6.07 Å². The Morgan fingerprint density at radius 1 is 1.19 bits per heavy atom. The molecule has 116 valence electrons. The summed E-state index contributed by atoms with van der Waals surface area (Å²) in [7, 11) is 0. The smallest absolute Gasteiger partial charge is 0.319 e. The van der Waals surface area contributed by atoms with Crippen LogP contribution in [0, 0.1) is 0 Å². The summed E-state index contributed by atoms with van der Waals surface area (Å²) in [6.07, 6.45) is 4.54. The Hall–Kier alpha value is -1.43. The lowest BCUT2D eigenvalue weighted by Crippen LogP contribution is -2.29. The second-order valence-corrected chi connectivity index (χ2v) is 5.77. The van der Waals surface area contributed by atoms with Crippen LogP contribution in [0.4, 0.5) is 10.5 Å². The molecule has 2 amide bonds. The first-order chi connectivity index (χ1) is 10.2. The fraction of sp³-hybridized carbons (Fsp3) is 0.533. The highest BCUT2D eigenvalue weighted by Crippen LogP contribution is 2.38. The molecule has 1 aliphatic heterocycles. The topological polar surface area (TPSA) is 59.6 Å². The molecule has 6 heteroatoms. The van der Waals surface area contributed by atoms with E-state index in [9.17, 15) is 4.79 Å². The minimum absolute atomic E-state index is 0.205. The van der Waals surface area contributed by atoms with Crippen molar-refractivity contribution in [2.45, 2.75) is 32.6 Å². The predicted molar refractivity (Wildman–Crippen MR) is 86.3 cm³/mol. The van der Waals surface area contributed by atoms with Gasteiger partial charge in [-0.3, -0.25) is 0 Å². The van der Waals surface area contributed by atoms with Crippen LogP contribution in [-0.4, -0.2) is 25.8 Å². The Labute approximate surface area is 133 Å². The number of fused-ring (bicyclic) bond motifs is 1. The van der Waals surface area contributed by atoms with E-state index in [2.05, 4.69) is 33.5 Å². The molecule has 0 fully saturated rings. The molecule has 2 N–H and O–H groups in total. The van der Waals surface area contributed by atoms with Crippen LogP contribution in [0.2, 0.25) is 0 Å². The van der Waals surface area contributed by atoms with Gasteiger partial charge in [-0.2, -0.15) is 0 Å². The van der Waals surface area contributed by atoms with Crippen molar-refractivity contribution in [1.29, 1.82) is 0 Å². The SMILES string of the molecule is CCCCCCNC(=O)Nc1cc2c(cc1Br)OCCO2. The van der Waals surface area contributed by atoms with E-state index in [0.29, 0.717) is 36.9 Å². The molecule has 21 heavy (non-hydrogen) atoms. The molecule has 0 saturated carbocycles. The third-order valence-electron chi connectivity index (χ3n) is 3.20. The van der Waals surface area contributed by atoms with Crippen LogP contribution < -0.4 is 20.1 Å². The summed E-state index contributed by atoms with van der Waals surface area (Å²) < 4.78 is 11.8. The van der Waals surface area contributed by atoms with Gasteiger partial charge in [0.2, 0.25) is 0 Å². The molecule has 0 spiro atoms. The molecule has 2 rings (SSSR count). The number of amides is 2. The van der Waals surface area contributed by atoms with E-state index in [1.807, 2.05) is 6.07 Å². The van der Waals surface area contributed by atoms with Gasteiger partial charge in [-0.25, -0.2) is 4.79 Å². The van der Waals surface area contributed by atoms with Crippen molar-refractivity contribution in [3.8, 4) is 11.5 Å². The number of halogens is 1. The number of nitrogens with one attached hydrogen (secondary N) is 2. The molecular formula is C15H21BrN2O3. The first-order valence-electron chi connectivity index (χ1n) is 7.34. The third kappa shape index (κ3) is 4.81. The first-order valence-corrected chi connectivity index (χ1v) is 8.14. The van der Waals surface area contributed by atoms with Crippen molar-refractivity contribution < 1.29 is 14.3 Å². The summed E-state index contributed by atoms with van der Waals surface area (Å²) in [5.41, 5.74) is 0.672. The average Bonchev–Trinajstić information content (AvgIpc) is 2.48. The molecule has 0 unspecified atom stereocenters. The van der Waals surface area contributed by atoms with E-state index in [-0.39, 0.29) is 6.03 Å². The van der Waals surface area contributed by atoms with Crippen molar-refractivity contribution in [3.63, 3.8) is 0 Å². The summed E-state index contributed by atoms with van der Waals surface area (Å²) in [5, 5.41) is 5.67. The Kier molecular flexibility index (Phi) is 6.17. The van der Waals surface area contributed by atoms with Gasteiger partial charge in [-0.05, 0) is 22.4 Å². The molecule has 0 aliphatic carbocycles. The van der Waals surface area contributed by atoms with Crippen molar-refractivity contribution in [2.24, 2.45) is 0 Å². The van der Waals surface area contributed by atoms with Crippen LogP contribution >= 0.6 is 15.9 Å². The molecular weight excluding hydrogens is 336 g/mol. The molecule has 0 radical (unpaired) electrons. The lowest BCUT2D eigenvalue weighted by Gasteiger charge is -2.20. The highest BCUT2D eigenvalue weighted by molar-refractivity contribution is 9.10. The molecule has 0 bridgehead atoms. The molecule has 1 aliphatic rings. The normalized spacial score (nSPS) is 12.9. The second-order valence-electron chi connectivity index (χ2n) is 4.92. The van der Waals surface area contributed by atoms with Crippen molar-refractivity contribution >= 4 is 27.6 Å². The molecule has 0 saturated heterocycles. The number of hydrogen-bond donors (Lipinski definition) is 2. The minimum Gasteiger partial charge on any atom is -0.486 e. The first kappa shape index (κ1) is 15.9. The fourth-order valence-electron chi connectivity index (χ4n) is 2.08. The second kappa shape index (κ2) is 8.12. The summed E-state index contributed by atoms with van der Waals surface area (Å²) in [6.45, 7) is 3.93. The largest absolute Gasteiger partial charge is 0.486 e.